The van der Waals surface area contributed by atoms with Crippen LogP contribution in [0.1, 0.15) is 76.3 Å². The van der Waals surface area contributed by atoms with Crippen molar-refractivity contribution in [2.75, 3.05) is 10.2 Å². The lowest BCUT2D eigenvalue weighted by Crippen LogP contribution is -2.49. The first-order valence-electron chi connectivity index (χ1n) is 12.6. The van der Waals surface area contributed by atoms with Gasteiger partial charge in [0.05, 0.1) is 0 Å². The van der Waals surface area contributed by atoms with Crippen molar-refractivity contribution in [1.82, 2.24) is 10.5 Å². The molecule has 0 saturated carbocycles. The minimum absolute atomic E-state index is 0.110. The summed E-state index contributed by atoms with van der Waals surface area (Å²) in [7, 11) is 0. The zero-order valence-corrected chi connectivity index (χ0v) is 23.4. The van der Waals surface area contributed by atoms with E-state index in [-0.39, 0.29) is 24.6 Å². The summed E-state index contributed by atoms with van der Waals surface area (Å²) in [5.74, 6) is -0.0487. The average molecular weight is 539 g/mol. The number of anilines is 2. The molecular weight excluding hydrogens is 504 g/mol. The van der Waals surface area contributed by atoms with Gasteiger partial charge in [0, 0.05) is 40.7 Å². The second-order valence-electron chi connectivity index (χ2n) is 10.5. The van der Waals surface area contributed by atoms with Crippen LogP contribution in [0.25, 0.3) is 0 Å². The Labute approximate surface area is 228 Å². The topological polar surface area (TPSA) is 105 Å². The third-order valence-corrected chi connectivity index (χ3v) is 6.12. The van der Waals surface area contributed by atoms with Crippen LogP contribution in [0.5, 0.6) is 0 Å². The van der Waals surface area contributed by atoms with Crippen LogP contribution < -0.4 is 15.5 Å². The van der Waals surface area contributed by atoms with E-state index in [0.717, 1.165) is 5.56 Å². The number of carbonyl (C=O) groups excluding carboxylic acids is 3. The van der Waals surface area contributed by atoms with Gasteiger partial charge in [0.1, 0.15) is 11.8 Å². The van der Waals surface area contributed by atoms with Gasteiger partial charge in [-0.05, 0) is 57.4 Å². The van der Waals surface area contributed by atoms with Gasteiger partial charge in [-0.1, -0.05) is 60.9 Å². The van der Waals surface area contributed by atoms with E-state index in [1.165, 1.54) is 4.90 Å². The Bertz CT molecular complexity index is 1280. The first-order chi connectivity index (χ1) is 17.9. The molecule has 1 atom stereocenters. The van der Waals surface area contributed by atoms with E-state index in [1.54, 1.807) is 37.3 Å². The van der Waals surface area contributed by atoms with Gasteiger partial charge < -0.3 is 15.2 Å². The van der Waals surface area contributed by atoms with E-state index < -0.39 is 23.4 Å². The second-order valence-corrected chi connectivity index (χ2v) is 11.0. The highest BCUT2D eigenvalue weighted by atomic mass is 35.5. The lowest BCUT2D eigenvalue weighted by molar-refractivity contribution is -0.128. The molecule has 202 valence electrons. The molecule has 0 fully saturated rings. The van der Waals surface area contributed by atoms with Crippen LogP contribution in [0, 0.1) is 6.92 Å². The number of benzene rings is 2. The molecular formula is C29H35ClN4O4. The van der Waals surface area contributed by atoms with Crippen molar-refractivity contribution in [2.45, 2.75) is 71.9 Å². The van der Waals surface area contributed by atoms with Gasteiger partial charge in [0.15, 0.2) is 5.82 Å². The number of hydrogen-bond donors (Lipinski definition) is 2. The number of carbonyl (C=O) groups is 3. The quantitative estimate of drug-likeness (QED) is 0.339. The zero-order valence-electron chi connectivity index (χ0n) is 22.7. The largest absolute Gasteiger partial charge is 0.360 e. The van der Waals surface area contributed by atoms with Crippen LogP contribution in [0.15, 0.2) is 59.1 Å². The second kappa shape index (κ2) is 12.3. The fourth-order valence-electron chi connectivity index (χ4n) is 3.96. The van der Waals surface area contributed by atoms with Crippen molar-refractivity contribution >= 4 is 40.8 Å². The van der Waals surface area contributed by atoms with Gasteiger partial charge in [0.25, 0.3) is 0 Å². The highest BCUT2D eigenvalue weighted by Crippen LogP contribution is 2.34. The summed E-state index contributed by atoms with van der Waals surface area (Å²) in [6, 6.07) is 15.0. The molecule has 3 amide bonds. The van der Waals surface area contributed by atoms with Gasteiger partial charge in [0.2, 0.25) is 17.7 Å². The van der Waals surface area contributed by atoms with Crippen LogP contribution in [-0.4, -0.2) is 28.4 Å². The van der Waals surface area contributed by atoms with E-state index in [0.29, 0.717) is 28.0 Å². The monoisotopic (exact) mass is 538 g/mol. The van der Waals surface area contributed by atoms with Gasteiger partial charge in [-0.2, -0.15) is 0 Å². The normalized spacial score (nSPS) is 12.2. The molecule has 9 heteroatoms. The first-order valence-corrected chi connectivity index (χ1v) is 12.9. The molecule has 0 aliphatic heterocycles. The van der Waals surface area contributed by atoms with Gasteiger partial charge in [-0.3, -0.25) is 19.3 Å². The molecule has 0 radical (unpaired) electrons. The molecule has 0 saturated heterocycles. The Kier molecular flexibility index (Phi) is 9.33. The SMILES string of the molecule is Cc1cc(NC(=O)CCC(=O)N(c2ccc(C(C)C)cc2)[C@H](C(=O)NC(C)(C)C)c2ccccc2Cl)no1. The van der Waals surface area contributed by atoms with Crippen LogP contribution in [0.4, 0.5) is 11.5 Å². The van der Waals surface area contributed by atoms with E-state index in [2.05, 4.69) is 29.6 Å². The smallest absolute Gasteiger partial charge is 0.248 e. The Balaban J connectivity index is 1.99. The van der Waals surface area contributed by atoms with E-state index in [1.807, 2.05) is 45.0 Å². The molecule has 0 aliphatic rings. The van der Waals surface area contributed by atoms with Crippen molar-refractivity contribution < 1.29 is 18.9 Å². The molecule has 0 spiro atoms. The summed E-state index contributed by atoms with van der Waals surface area (Å²) in [5, 5.41) is 9.73. The number of nitrogens with zero attached hydrogens (tertiary/aromatic N) is 2. The Morgan fingerprint density at radius 1 is 1.03 bits per heavy atom. The van der Waals surface area contributed by atoms with Crippen LogP contribution in [0.3, 0.4) is 0 Å². The van der Waals surface area contributed by atoms with E-state index >= 15 is 0 Å². The minimum Gasteiger partial charge on any atom is -0.360 e. The number of aromatic nitrogens is 1. The number of rotatable bonds is 9. The molecule has 38 heavy (non-hydrogen) atoms. The molecule has 1 heterocycles. The number of amides is 3. The lowest BCUT2D eigenvalue weighted by Gasteiger charge is -2.34. The molecule has 0 bridgehead atoms. The highest BCUT2D eigenvalue weighted by Gasteiger charge is 2.35. The fraction of sp³-hybridized carbons (Fsp3) is 0.379. The number of hydrogen-bond acceptors (Lipinski definition) is 5. The molecule has 3 rings (SSSR count). The zero-order chi connectivity index (χ0) is 28.0. The summed E-state index contributed by atoms with van der Waals surface area (Å²) < 4.78 is 4.97. The average Bonchev–Trinajstić information content (AvgIpc) is 3.24. The number of nitrogens with one attached hydrogen (secondary N) is 2. The third-order valence-electron chi connectivity index (χ3n) is 5.77. The first kappa shape index (κ1) is 28.9. The van der Waals surface area contributed by atoms with Gasteiger partial charge >= 0.3 is 0 Å². The van der Waals surface area contributed by atoms with E-state index in [9.17, 15) is 14.4 Å². The molecule has 1 aromatic heterocycles. The van der Waals surface area contributed by atoms with Gasteiger partial charge in [-0.15, -0.1) is 0 Å². The maximum atomic E-state index is 13.8. The van der Waals surface area contributed by atoms with Crippen LogP contribution in [-0.2, 0) is 14.4 Å². The van der Waals surface area contributed by atoms with Crippen molar-refractivity contribution in [3.8, 4) is 0 Å². The fourth-order valence-corrected chi connectivity index (χ4v) is 4.20. The predicted octanol–water partition coefficient (Wildman–Crippen LogP) is 6.17. The molecule has 2 aromatic carbocycles. The summed E-state index contributed by atoms with van der Waals surface area (Å²) in [6.07, 6.45) is -0.250. The van der Waals surface area contributed by atoms with Crippen LogP contribution >= 0.6 is 11.6 Å². The van der Waals surface area contributed by atoms with Crippen molar-refractivity contribution in [3.05, 3.63) is 76.5 Å². The third kappa shape index (κ3) is 7.68. The molecule has 0 unspecified atom stereocenters. The molecule has 3 aromatic rings. The predicted molar refractivity (Wildman–Crippen MR) is 149 cm³/mol. The maximum absolute atomic E-state index is 13.8. The van der Waals surface area contributed by atoms with Crippen molar-refractivity contribution in [2.24, 2.45) is 0 Å². The minimum atomic E-state index is -1.05. The van der Waals surface area contributed by atoms with E-state index in [4.69, 9.17) is 16.1 Å². The summed E-state index contributed by atoms with van der Waals surface area (Å²) in [5.41, 5.74) is 1.56. The molecule has 2 N–H and O–H groups in total. The summed E-state index contributed by atoms with van der Waals surface area (Å²) in [6.45, 7) is 11.5. The summed E-state index contributed by atoms with van der Waals surface area (Å²) in [4.78, 5) is 41.5. The van der Waals surface area contributed by atoms with Gasteiger partial charge in [-0.25, -0.2) is 0 Å². The van der Waals surface area contributed by atoms with Crippen LogP contribution in [0.2, 0.25) is 5.02 Å². The number of aryl methyl sites for hydroxylation is 1. The van der Waals surface area contributed by atoms with Crippen molar-refractivity contribution in [3.63, 3.8) is 0 Å². The Morgan fingerprint density at radius 2 is 1.68 bits per heavy atom. The molecule has 0 aliphatic carbocycles. The summed E-state index contributed by atoms with van der Waals surface area (Å²) >= 11 is 6.56. The standard InChI is InChI=1S/C29H35ClN4O4/c1-18(2)20-11-13-21(14-12-20)34(26(36)16-15-25(35)31-24-17-19(3)38-33-24)27(28(37)32-29(4,5)6)22-9-7-8-10-23(22)30/h7-14,17-18,27H,15-16H2,1-6H3,(H,32,37)(H,31,33,35)/t27-/m0/s1. The molecule has 8 nitrogen and oxygen atoms in total. The lowest BCUT2D eigenvalue weighted by atomic mass is 9.98. The van der Waals surface area contributed by atoms with Crippen molar-refractivity contribution in [1.29, 1.82) is 0 Å². The Hall–Kier alpha value is -3.65. The Morgan fingerprint density at radius 3 is 2.24 bits per heavy atom. The highest BCUT2D eigenvalue weighted by molar-refractivity contribution is 6.31. The number of halogens is 1. The maximum Gasteiger partial charge on any atom is 0.248 e.